The number of pyridine rings is 1. The number of carbonyl (C=O) groups excluding carboxylic acids is 1. The lowest BCUT2D eigenvalue weighted by molar-refractivity contribution is -0.0796. The molecule has 0 bridgehead atoms. The van der Waals surface area contributed by atoms with Crippen LogP contribution in [-0.4, -0.2) is 64.8 Å². The predicted molar refractivity (Wildman–Crippen MR) is 127 cm³/mol. The summed E-state index contributed by atoms with van der Waals surface area (Å²) >= 11 is 6.79. The lowest BCUT2D eigenvalue weighted by Crippen LogP contribution is -2.38. The quantitative estimate of drug-likeness (QED) is 0.606. The third kappa shape index (κ3) is 4.69. The van der Waals surface area contributed by atoms with Crippen LogP contribution < -0.4 is 10.1 Å². The number of halogens is 1. The highest BCUT2D eigenvalue weighted by atomic mass is 35.5. The number of fused-ring (bicyclic) bond motifs is 1. The number of nitrogens with zero attached hydrogens (tertiary/aromatic N) is 4. The monoisotopic (exact) mass is 469 g/mol. The largest absolute Gasteiger partial charge is 0.485 e. The van der Waals surface area contributed by atoms with Gasteiger partial charge in [0, 0.05) is 42.2 Å². The minimum Gasteiger partial charge on any atom is -0.485 e. The first-order chi connectivity index (χ1) is 16.0. The number of likely N-dealkylation sites (tertiary alicyclic amines) is 1. The molecule has 1 amide bonds. The molecule has 9 heteroatoms. The van der Waals surface area contributed by atoms with E-state index in [4.69, 9.17) is 26.1 Å². The Morgan fingerprint density at radius 2 is 2.12 bits per heavy atom. The van der Waals surface area contributed by atoms with Gasteiger partial charge < -0.3 is 18.9 Å². The molecule has 174 valence electrons. The fraction of sp³-hybridized carbons (Fsp3) is 0.458. The summed E-state index contributed by atoms with van der Waals surface area (Å²) in [5.74, 6) is 0.931. The van der Waals surface area contributed by atoms with Crippen LogP contribution in [0.1, 0.15) is 41.4 Å². The third-order valence-corrected chi connectivity index (χ3v) is 6.51. The number of rotatable bonds is 5. The van der Waals surface area contributed by atoms with Gasteiger partial charge in [-0.2, -0.15) is 0 Å². The van der Waals surface area contributed by atoms with Crippen LogP contribution in [-0.2, 0) is 4.74 Å². The summed E-state index contributed by atoms with van der Waals surface area (Å²) in [5.41, 5.74) is 2.84. The van der Waals surface area contributed by atoms with Crippen molar-refractivity contribution in [2.75, 3.05) is 38.7 Å². The Kier molecular flexibility index (Phi) is 6.23. The van der Waals surface area contributed by atoms with Crippen molar-refractivity contribution in [2.24, 2.45) is 0 Å². The van der Waals surface area contributed by atoms with E-state index in [0.29, 0.717) is 41.0 Å². The van der Waals surface area contributed by atoms with Gasteiger partial charge in [0.05, 0.1) is 29.3 Å². The summed E-state index contributed by atoms with van der Waals surface area (Å²) < 4.78 is 13.3. The van der Waals surface area contributed by atoms with Crippen molar-refractivity contribution in [3.8, 4) is 5.75 Å². The molecule has 1 unspecified atom stereocenters. The van der Waals surface area contributed by atoms with Gasteiger partial charge in [-0.1, -0.05) is 18.0 Å². The van der Waals surface area contributed by atoms with Crippen molar-refractivity contribution >= 4 is 34.5 Å². The summed E-state index contributed by atoms with van der Waals surface area (Å²) in [6, 6.07) is 7.33. The highest BCUT2D eigenvalue weighted by Gasteiger charge is 2.27. The number of likely N-dealkylation sites (N-methyl/N-ethyl adjacent to an activating group) is 1. The molecule has 0 saturated carbocycles. The molecular weight excluding hydrogens is 442 g/mol. The Balaban J connectivity index is 1.56. The molecule has 0 aliphatic carbocycles. The Bertz CT molecular complexity index is 1180. The second-order valence-electron chi connectivity index (χ2n) is 8.91. The van der Waals surface area contributed by atoms with Gasteiger partial charge in [0.1, 0.15) is 11.9 Å². The molecule has 4 heterocycles. The first kappa shape index (κ1) is 22.1. The highest BCUT2D eigenvalue weighted by molar-refractivity contribution is 6.35. The van der Waals surface area contributed by atoms with Gasteiger partial charge in [-0.05, 0) is 45.5 Å². The smallest absolute Gasteiger partial charge is 0.258 e. The van der Waals surface area contributed by atoms with E-state index in [1.54, 1.807) is 18.3 Å². The van der Waals surface area contributed by atoms with Gasteiger partial charge in [-0.3, -0.25) is 15.1 Å². The zero-order chi connectivity index (χ0) is 22.9. The van der Waals surface area contributed by atoms with E-state index >= 15 is 0 Å². The number of nitrogens with one attached hydrogen (secondary N) is 1. The Labute approximate surface area is 197 Å². The van der Waals surface area contributed by atoms with Crippen molar-refractivity contribution in [2.45, 2.75) is 38.3 Å². The zero-order valence-electron chi connectivity index (χ0n) is 18.9. The average molecular weight is 470 g/mol. The fourth-order valence-corrected chi connectivity index (χ4v) is 4.81. The van der Waals surface area contributed by atoms with Gasteiger partial charge in [-0.15, -0.1) is 0 Å². The summed E-state index contributed by atoms with van der Waals surface area (Å²) in [6.45, 7) is 4.92. The van der Waals surface area contributed by atoms with Crippen LogP contribution in [0.4, 0.5) is 5.95 Å². The lowest BCUT2D eigenvalue weighted by atomic mass is 10.1. The fourth-order valence-electron chi connectivity index (χ4n) is 4.52. The number of anilines is 1. The molecule has 0 spiro atoms. The predicted octanol–water partition coefficient (Wildman–Crippen LogP) is 4.08. The number of imidazole rings is 1. The average Bonchev–Trinajstić information content (AvgIpc) is 2.97. The van der Waals surface area contributed by atoms with E-state index in [9.17, 15) is 4.79 Å². The molecular formula is C24H28ClN5O3. The molecule has 5 rings (SSSR count). The molecule has 2 saturated heterocycles. The first-order valence-electron chi connectivity index (χ1n) is 11.4. The van der Waals surface area contributed by atoms with Gasteiger partial charge in [0.2, 0.25) is 5.95 Å². The maximum absolute atomic E-state index is 13.1. The molecule has 8 nitrogen and oxygen atoms in total. The van der Waals surface area contributed by atoms with Crippen molar-refractivity contribution in [1.29, 1.82) is 0 Å². The van der Waals surface area contributed by atoms with Crippen LogP contribution in [0.5, 0.6) is 5.75 Å². The number of benzene rings is 1. The van der Waals surface area contributed by atoms with E-state index in [0.717, 1.165) is 43.6 Å². The Morgan fingerprint density at radius 3 is 2.88 bits per heavy atom. The molecule has 2 aliphatic rings. The molecule has 1 aromatic carbocycles. The van der Waals surface area contributed by atoms with Crippen LogP contribution in [0, 0.1) is 6.92 Å². The van der Waals surface area contributed by atoms with E-state index in [-0.39, 0.29) is 18.1 Å². The molecule has 2 aliphatic heterocycles. The van der Waals surface area contributed by atoms with Crippen molar-refractivity contribution in [3.05, 3.63) is 46.7 Å². The van der Waals surface area contributed by atoms with Crippen LogP contribution in [0.2, 0.25) is 5.02 Å². The molecule has 2 fully saturated rings. The topological polar surface area (TPSA) is 81.5 Å². The standard InChI is InChI=1S/C24H28ClN5O3/c1-15-9-16(6-7-26-15)23(31)28-24-27-21-11-18(33-19-13-32-14-19)10-20(25)22(21)30(24)17-5-3-4-8-29(2)12-17/h6-7,9-11,17,19H,3-5,8,12-14H2,1-2H3,(H,27,28,31). The van der Waals surface area contributed by atoms with Crippen molar-refractivity contribution in [3.63, 3.8) is 0 Å². The van der Waals surface area contributed by atoms with E-state index < -0.39 is 0 Å². The van der Waals surface area contributed by atoms with E-state index in [2.05, 4.69) is 26.8 Å². The van der Waals surface area contributed by atoms with E-state index in [1.165, 1.54) is 0 Å². The number of hydrogen-bond acceptors (Lipinski definition) is 6. The molecule has 1 atom stereocenters. The van der Waals surface area contributed by atoms with Crippen molar-refractivity contribution in [1.82, 2.24) is 19.4 Å². The minimum absolute atomic E-state index is 0.0326. The van der Waals surface area contributed by atoms with Crippen LogP contribution in [0.25, 0.3) is 11.0 Å². The molecule has 0 radical (unpaired) electrons. The zero-order valence-corrected chi connectivity index (χ0v) is 19.6. The number of ether oxygens (including phenoxy) is 2. The summed E-state index contributed by atoms with van der Waals surface area (Å²) in [6.07, 6.45) is 4.91. The second kappa shape index (κ2) is 9.29. The maximum atomic E-state index is 13.1. The third-order valence-electron chi connectivity index (χ3n) is 6.22. The summed E-state index contributed by atoms with van der Waals surface area (Å²) in [4.78, 5) is 24.4. The number of aryl methyl sites for hydroxylation is 1. The summed E-state index contributed by atoms with van der Waals surface area (Å²) in [5, 5.41) is 3.59. The number of hydrogen-bond donors (Lipinski definition) is 1. The van der Waals surface area contributed by atoms with Gasteiger partial charge in [0.15, 0.2) is 0 Å². The molecule has 33 heavy (non-hydrogen) atoms. The van der Waals surface area contributed by atoms with Crippen LogP contribution in [0.3, 0.4) is 0 Å². The number of aromatic nitrogens is 3. The van der Waals surface area contributed by atoms with Gasteiger partial charge in [-0.25, -0.2) is 4.98 Å². The molecule has 3 aromatic rings. The second-order valence-corrected chi connectivity index (χ2v) is 9.31. The van der Waals surface area contributed by atoms with Crippen molar-refractivity contribution < 1.29 is 14.3 Å². The minimum atomic E-state index is -0.224. The van der Waals surface area contributed by atoms with Crippen LogP contribution >= 0.6 is 11.6 Å². The first-order valence-corrected chi connectivity index (χ1v) is 11.7. The molecule has 1 N–H and O–H groups in total. The SMILES string of the molecule is Cc1cc(C(=O)Nc2nc3cc(OC4COC4)cc(Cl)c3n2C2CCCCN(C)C2)ccn1. The Morgan fingerprint density at radius 1 is 1.27 bits per heavy atom. The van der Waals surface area contributed by atoms with E-state index in [1.807, 2.05) is 19.1 Å². The normalized spacial score (nSPS) is 19.8. The number of carbonyl (C=O) groups is 1. The maximum Gasteiger partial charge on any atom is 0.258 e. The van der Waals surface area contributed by atoms with Crippen LogP contribution in [0.15, 0.2) is 30.5 Å². The highest BCUT2D eigenvalue weighted by Crippen LogP contribution is 2.36. The Hall–Kier alpha value is -2.68. The number of amides is 1. The van der Waals surface area contributed by atoms with Gasteiger partial charge in [0.25, 0.3) is 5.91 Å². The van der Waals surface area contributed by atoms with Gasteiger partial charge >= 0.3 is 0 Å². The summed E-state index contributed by atoms with van der Waals surface area (Å²) in [7, 11) is 2.13. The molecule has 2 aromatic heterocycles. The lowest BCUT2D eigenvalue weighted by Gasteiger charge is -2.27.